The van der Waals surface area contributed by atoms with Crippen LogP contribution in [0.4, 0.5) is 0 Å². The maximum atomic E-state index is 12.0. The van der Waals surface area contributed by atoms with Crippen molar-refractivity contribution in [3.63, 3.8) is 0 Å². The average Bonchev–Trinajstić information content (AvgIpc) is 2.70. The predicted molar refractivity (Wildman–Crippen MR) is 71.4 cm³/mol. The maximum absolute atomic E-state index is 12.0. The van der Waals surface area contributed by atoms with Crippen molar-refractivity contribution in [1.29, 1.82) is 0 Å². The number of furan rings is 1. The third-order valence-corrected chi connectivity index (χ3v) is 3.98. The smallest absolute Gasteiger partial charge is 0.371 e. The minimum atomic E-state index is -1.09. The fourth-order valence-corrected chi connectivity index (χ4v) is 2.82. The van der Waals surface area contributed by atoms with Crippen molar-refractivity contribution in [2.45, 2.75) is 30.8 Å². The van der Waals surface area contributed by atoms with Gasteiger partial charge in [0.1, 0.15) is 0 Å². The first-order valence-corrected chi connectivity index (χ1v) is 7.39. The van der Waals surface area contributed by atoms with E-state index in [1.54, 1.807) is 6.07 Å². The molecule has 2 rings (SSSR count). The molecule has 1 aromatic rings. The van der Waals surface area contributed by atoms with Crippen LogP contribution in [0, 0.1) is 0 Å². The van der Waals surface area contributed by atoms with E-state index in [1.165, 1.54) is 30.7 Å². The lowest BCUT2D eigenvalue weighted by Crippen LogP contribution is -2.33. The van der Waals surface area contributed by atoms with Crippen molar-refractivity contribution in [2.24, 2.45) is 0 Å². The molecular formula is C13H17NO4S. The topological polar surface area (TPSA) is 70.8 Å². The molecule has 0 radical (unpaired) electrons. The Morgan fingerprint density at radius 2 is 1.89 bits per heavy atom. The number of carbonyl (C=O) groups is 2. The molecule has 0 spiro atoms. The van der Waals surface area contributed by atoms with Gasteiger partial charge in [-0.3, -0.25) is 4.79 Å². The van der Waals surface area contributed by atoms with E-state index in [1.807, 2.05) is 4.90 Å². The highest BCUT2D eigenvalue weighted by molar-refractivity contribution is 7.99. The number of carbonyl (C=O) groups excluding carboxylic acids is 1. The standard InChI is InChI=1S/C13H17NO4S/c15-11(14-7-3-1-2-4-8-14)9-19-12-6-5-10(18-12)13(16)17/h5-6H,1-4,7-9H2,(H,16,17). The van der Waals surface area contributed by atoms with Gasteiger partial charge in [0.2, 0.25) is 11.7 Å². The zero-order chi connectivity index (χ0) is 13.7. The zero-order valence-corrected chi connectivity index (χ0v) is 11.4. The summed E-state index contributed by atoms with van der Waals surface area (Å²) in [5.41, 5.74) is 0. The van der Waals surface area contributed by atoms with Gasteiger partial charge < -0.3 is 14.4 Å². The van der Waals surface area contributed by atoms with Crippen LogP contribution in [0.2, 0.25) is 0 Å². The van der Waals surface area contributed by atoms with Gasteiger partial charge in [-0.1, -0.05) is 24.6 Å². The molecule has 0 saturated carbocycles. The molecule has 6 heteroatoms. The first-order valence-electron chi connectivity index (χ1n) is 6.40. The Bertz CT molecular complexity index is 449. The van der Waals surface area contributed by atoms with Crippen molar-refractivity contribution in [3.05, 3.63) is 17.9 Å². The molecule has 0 aliphatic carbocycles. The number of hydrogen-bond acceptors (Lipinski definition) is 4. The second-order valence-corrected chi connectivity index (χ2v) is 5.49. The zero-order valence-electron chi connectivity index (χ0n) is 10.6. The Balaban J connectivity index is 1.83. The number of thioether (sulfide) groups is 1. The van der Waals surface area contributed by atoms with E-state index in [-0.39, 0.29) is 11.7 Å². The van der Waals surface area contributed by atoms with Crippen LogP contribution in [0.3, 0.4) is 0 Å². The second kappa shape index (κ2) is 6.65. The number of amides is 1. The summed E-state index contributed by atoms with van der Waals surface area (Å²) in [7, 11) is 0. The van der Waals surface area contributed by atoms with Crippen LogP contribution in [-0.4, -0.2) is 40.7 Å². The van der Waals surface area contributed by atoms with Crippen molar-refractivity contribution < 1.29 is 19.1 Å². The molecule has 19 heavy (non-hydrogen) atoms. The van der Waals surface area contributed by atoms with Gasteiger partial charge in [0, 0.05) is 13.1 Å². The lowest BCUT2D eigenvalue weighted by atomic mass is 10.2. The quantitative estimate of drug-likeness (QED) is 0.860. The Morgan fingerprint density at radius 1 is 1.21 bits per heavy atom. The molecular weight excluding hydrogens is 266 g/mol. The lowest BCUT2D eigenvalue weighted by Gasteiger charge is -2.19. The van der Waals surface area contributed by atoms with Gasteiger partial charge >= 0.3 is 5.97 Å². The first kappa shape index (κ1) is 14.0. The van der Waals surface area contributed by atoms with Crippen LogP contribution >= 0.6 is 11.8 Å². The normalized spacial score (nSPS) is 16.1. The minimum absolute atomic E-state index is 0.0929. The molecule has 0 atom stereocenters. The van der Waals surface area contributed by atoms with E-state index in [4.69, 9.17) is 9.52 Å². The van der Waals surface area contributed by atoms with Crippen molar-refractivity contribution >= 4 is 23.6 Å². The highest BCUT2D eigenvalue weighted by atomic mass is 32.2. The Morgan fingerprint density at radius 3 is 2.47 bits per heavy atom. The Kier molecular flexibility index (Phi) is 4.90. The van der Waals surface area contributed by atoms with E-state index in [2.05, 4.69) is 0 Å². The van der Waals surface area contributed by atoms with Gasteiger partial charge in [-0.25, -0.2) is 4.79 Å². The molecule has 0 unspecified atom stereocenters. The first-order chi connectivity index (χ1) is 9.16. The molecule has 1 aromatic heterocycles. The van der Waals surface area contributed by atoms with Crippen LogP contribution in [-0.2, 0) is 4.79 Å². The van der Waals surface area contributed by atoms with Gasteiger partial charge in [0.05, 0.1) is 5.75 Å². The summed E-state index contributed by atoms with van der Waals surface area (Å²) < 4.78 is 5.10. The maximum Gasteiger partial charge on any atom is 0.371 e. The number of hydrogen-bond donors (Lipinski definition) is 1. The molecule has 1 aliphatic rings. The van der Waals surface area contributed by atoms with Gasteiger partial charge in [0.25, 0.3) is 0 Å². The van der Waals surface area contributed by atoms with E-state index < -0.39 is 5.97 Å². The minimum Gasteiger partial charge on any atom is -0.475 e. The average molecular weight is 283 g/mol. The molecule has 1 fully saturated rings. The Labute approximate surface area is 116 Å². The Hall–Kier alpha value is -1.43. The van der Waals surface area contributed by atoms with E-state index in [0.29, 0.717) is 10.8 Å². The van der Waals surface area contributed by atoms with E-state index in [9.17, 15) is 9.59 Å². The van der Waals surface area contributed by atoms with E-state index >= 15 is 0 Å². The summed E-state index contributed by atoms with van der Waals surface area (Å²) in [6, 6.07) is 2.99. The van der Waals surface area contributed by atoms with Gasteiger partial charge in [-0.15, -0.1) is 0 Å². The molecule has 1 saturated heterocycles. The van der Waals surface area contributed by atoms with Crippen molar-refractivity contribution in [3.8, 4) is 0 Å². The van der Waals surface area contributed by atoms with E-state index in [0.717, 1.165) is 25.9 Å². The number of rotatable bonds is 4. The van der Waals surface area contributed by atoms with Crippen LogP contribution in [0.15, 0.2) is 21.6 Å². The van der Waals surface area contributed by atoms with Gasteiger partial charge in [-0.05, 0) is 25.0 Å². The lowest BCUT2D eigenvalue weighted by molar-refractivity contribution is -0.128. The number of nitrogens with zero attached hydrogens (tertiary/aromatic N) is 1. The molecule has 0 bridgehead atoms. The molecule has 5 nitrogen and oxygen atoms in total. The van der Waals surface area contributed by atoms with Crippen LogP contribution in [0.5, 0.6) is 0 Å². The molecule has 1 amide bonds. The third kappa shape index (κ3) is 4.02. The second-order valence-electron chi connectivity index (χ2n) is 4.51. The molecule has 104 valence electrons. The van der Waals surface area contributed by atoms with Crippen LogP contribution in [0.25, 0.3) is 0 Å². The summed E-state index contributed by atoms with van der Waals surface area (Å²) in [4.78, 5) is 24.6. The summed E-state index contributed by atoms with van der Waals surface area (Å²) in [6.45, 7) is 1.66. The van der Waals surface area contributed by atoms with Gasteiger partial charge in [0.15, 0.2) is 5.09 Å². The highest BCUT2D eigenvalue weighted by Gasteiger charge is 2.17. The van der Waals surface area contributed by atoms with Gasteiger partial charge in [-0.2, -0.15) is 0 Å². The summed E-state index contributed by atoms with van der Waals surface area (Å²) >= 11 is 1.25. The SMILES string of the molecule is O=C(O)c1ccc(SCC(=O)N2CCCCCC2)o1. The monoisotopic (exact) mass is 283 g/mol. The number of aromatic carboxylic acids is 1. The fourth-order valence-electron chi connectivity index (χ4n) is 2.06. The van der Waals surface area contributed by atoms with Crippen molar-refractivity contribution in [1.82, 2.24) is 4.90 Å². The van der Waals surface area contributed by atoms with Crippen LogP contribution < -0.4 is 0 Å². The molecule has 0 aromatic carbocycles. The van der Waals surface area contributed by atoms with Crippen LogP contribution in [0.1, 0.15) is 36.2 Å². The summed E-state index contributed by atoms with van der Waals surface area (Å²) in [6.07, 6.45) is 4.52. The predicted octanol–water partition coefficient (Wildman–Crippen LogP) is 2.47. The molecule has 1 N–H and O–H groups in total. The summed E-state index contributed by atoms with van der Waals surface area (Å²) in [5, 5.41) is 9.21. The van der Waals surface area contributed by atoms with Crippen molar-refractivity contribution in [2.75, 3.05) is 18.8 Å². The summed E-state index contributed by atoms with van der Waals surface area (Å²) in [5.74, 6) is -0.789. The number of likely N-dealkylation sites (tertiary alicyclic amines) is 1. The highest BCUT2D eigenvalue weighted by Crippen LogP contribution is 2.22. The molecule has 2 heterocycles. The third-order valence-electron chi connectivity index (χ3n) is 3.09. The molecule has 1 aliphatic heterocycles. The number of carboxylic acid groups (broad SMARTS) is 1. The fraction of sp³-hybridized carbons (Fsp3) is 0.538. The number of carboxylic acids is 1. The largest absolute Gasteiger partial charge is 0.475 e.